The molecule has 0 aromatic carbocycles. The standard InChI is InChI=1S/C19H35NO5/c1-13(2)11-15(16(21)12-17(22)23)20(14-9-7-6-8-10-14)18(24)25-19(3,4)5/h13-16,21H,6-12H2,1-5H3,(H,22,23)/t15-,16-/m0/s1. The summed E-state index contributed by atoms with van der Waals surface area (Å²) in [5.74, 6) is -0.837. The summed E-state index contributed by atoms with van der Waals surface area (Å²) in [7, 11) is 0. The van der Waals surface area contributed by atoms with E-state index in [0.29, 0.717) is 6.42 Å². The number of hydrogen-bond donors (Lipinski definition) is 2. The van der Waals surface area contributed by atoms with E-state index in [2.05, 4.69) is 0 Å². The summed E-state index contributed by atoms with van der Waals surface area (Å²) in [6.45, 7) is 9.46. The number of nitrogens with zero attached hydrogens (tertiary/aromatic N) is 1. The summed E-state index contributed by atoms with van der Waals surface area (Å²) in [5.41, 5.74) is -0.635. The average Bonchev–Trinajstić information content (AvgIpc) is 2.44. The van der Waals surface area contributed by atoms with Crippen LogP contribution in [0.1, 0.15) is 79.6 Å². The van der Waals surface area contributed by atoms with Crippen molar-refractivity contribution in [1.29, 1.82) is 0 Å². The van der Waals surface area contributed by atoms with Gasteiger partial charge in [-0.15, -0.1) is 0 Å². The number of carbonyl (C=O) groups is 2. The molecule has 1 aliphatic rings. The van der Waals surface area contributed by atoms with E-state index in [-0.39, 0.29) is 18.4 Å². The van der Waals surface area contributed by atoms with Crippen LogP contribution in [0, 0.1) is 5.92 Å². The van der Waals surface area contributed by atoms with Crippen molar-refractivity contribution in [3.8, 4) is 0 Å². The number of aliphatic hydroxyl groups is 1. The number of carboxylic acids is 1. The molecular weight excluding hydrogens is 322 g/mol. The molecule has 6 heteroatoms. The molecule has 25 heavy (non-hydrogen) atoms. The monoisotopic (exact) mass is 357 g/mol. The smallest absolute Gasteiger partial charge is 0.410 e. The van der Waals surface area contributed by atoms with E-state index in [9.17, 15) is 14.7 Å². The van der Waals surface area contributed by atoms with Crippen LogP contribution in [0.2, 0.25) is 0 Å². The Morgan fingerprint density at radius 2 is 1.72 bits per heavy atom. The minimum Gasteiger partial charge on any atom is -0.481 e. The molecule has 0 unspecified atom stereocenters. The molecule has 0 heterocycles. The lowest BCUT2D eigenvalue weighted by atomic mass is 9.89. The lowest BCUT2D eigenvalue weighted by Crippen LogP contribution is -2.54. The molecule has 2 N–H and O–H groups in total. The third-order valence-electron chi connectivity index (χ3n) is 4.47. The van der Waals surface area contributed by atoms with Crippen LogP contribution in [0.25, 0.3) is 0 Å². The fourth-order valence-electron chi connectivity index (χ4n) is 3.48. The maximum atomic E-state index is 12.9. The number of aliphatic hydroxyl groups excluding tert-OH is 1. The van der Waals surface area contributed by atoms with Crippen molar-refractivity contribution in [2.45, 2.75) is 103 Å². The lowest BCUT2D eigenvalue weighted by Gasteiger charge is -2.42. The first kappa shape index (κ1) is 21.7. The van der Waals surface area contributed by atoms with E-state index in [1.165, 1.54) is 0 Å². The highest BCUT2D eigenvalue weighted by molar-refractivity contribution is 5.70. The van der Waals surface area contributed by atoms with Gasteiger partial charge in [0.25, 0.3) is 0 Å². The van der Waals surface area contributed by atoms with Gasteiger partial charge in [-0.3, -0.25) is 9.69 Å². The van der Waals surface area contributed by atoms with Gasteiger partial charge >= 0.3 is 12.1 Å². The molecule has 1 rings (SSSR count). The zero-order chi connectivity index (χ0) is 19.2. The van der Waals surface area contributed by atoms with Gasteiger partial charge in [0.2, 0.25) is 0 Å². The van der Waals surface area contributed by atoms with Crippen LogP contribution in [0.15, 0.2) is 0 Å². The van der Waals surface area contributed by atoms with Crippen LogP contribution >= 0.6 is 0 Å². The van der Waals surface area contributed by atoms with Gasteiger partial charge in [-0.05, 0) is 46.0 Å². The molecule has 1 aliphatic carbocycles. The van der Waals surface area contributed by atoms with Crippen molar-refractivity contribution in [2.75, 3.05) is 0 Å². The van der Waals surface area contributed by atoms with E-state index in [4.69, 9.17) is 9.84 Å². The molecule has 0 aromatic heterocycles. The van der Waals surface area contributed by atoms with Crippen LogP contribution in [0.3, 0.4) is 0 Å². The molecule has 0 bridgehead atoms. The topological polar surface area (TPSA) is 87.1 Å². The minimum absolute atomic E-state index is 0.00389. The molecular formula is C19H35NO5. The van der Waals surface area contributed by atoms with E-state index in [0.717, 1.165) is 32.1 Å². The number of ether oxygens (including phenoxy) is 1. The molecule has 0 radical (unpaired) electrons. The van der Waals surface area contributed by atoms with Gasteiger partial charge < -0.3 is 14.9 Å². The second kappa shape index (κ2) is 9.41. The number of hydrogen-bond acceptors (Lipinski definition) is 4. The maximum Gasteiger partial charge on any atom is 0.410 e. The highest BCUT2D eigenvalue weighted by Gasteiger charge is 2.38. The molecule has 0 spiro atoms. The first-order valence-electron chi connectivity index (χ1n) is 9.42. The zero-order valence-corrected chi connectivity index (χ0v) is 16.3. The van der Waals surface area contributed by atoms with Crippen molar-refractivity contribution in [2.24, 2.45) is 5.92 Å². The Balaban J connectivity index is 3.11. The summed E-state index contributed by atoms with van der Waals surface area (Å²) >= 11 is 0. The van der Waals surface area contributed by atoms with Crippen molar-refractivity contribution in [3.05, 3.63) is 0 Å². The number of aliphatic carboxylic acids is 1. The third kappa shape index (κ3) is 7.63. The molecule has 0 saturated heterocycles. The SMILES string of the molecule is CC(C)C[C@@H]([C@@H](O)CC(=O)O)N(C(=O)OC(C)(C)C)C1CCCCC1. The number of carbonyl (C=O) groups excluding carboxylic acids is 1. The zero-order valence-electron chi connectivity index (χ0n) is 16.3. The van der Waals surface area contributed by atoms with Gasteiger partial charge in [-0.25, -0.2) is 4.79 Å². The van der Waals surface area contributed by atoms with Crippen molar-refractivity contribution in [1.82, 2.24) is 4.90 Å². The van der Waals surface area contributed by atoms with Gasteiger partial charge in [-0.2, -0.15) is 0 Å². The molecule has 2 atom stereocenters. The van der Waals surface area contributed by atoms with Crippen LogP contribution in [-0.4, -0.2) is 51.0 Å². The van der Waals surface area contributed by atoms with Gasteiger partial charge in [0.05, 0.1) is 18.6 Å². The van der Waals surface area contributed by atoms with Gasteiger partial charge in [0.1, 0.15) is 5.60 Å². The van der Waals surface area contributed by atoms with E-state index in [1.807, 2.05) is 34.6 Å². The summed E-state index contributed by atoms with van der Waals surface area (Å²) in [6, 6.07) is -0.551. The van der Waals surface area contributed by atoms with Crippen LogP contribution in [0.4, 0.5) is 4.79 Å². The van der Waals surface area contributed by atoms with Gasteiger partial charge in [0.15, 0.2) is 0 Å². The van der Waals surface area contributed by atoms with E-state index in [1.54, 1.807) is 4.90 Å². The van der Waals surface area contributed by atoms with Crippen LogP contribution < -0.4 is 0 Å². The first-order chi connectivity index (χ1) is 11.5. The average molecular weight is 357 g/mol. The van der Waals surface area contributed by atoms with Crippen molar-refractivity contribution < 1.29 is 24.5 Å². The van der Waals surface area contributed by atoms with Crippen molar-refractivity contribution >= 4 is 12.1 Å². The number of amides is 1. The van der Waals surface area contributed by atoms with Gasteiger partial charge in [-0.1, -0.05) is 33.1 Å². The molecule has 1 saturated carbocycles. The normalized spacial score (nSPS) is 18.7. The Bertz CT molecular complexity index is 438. The Morgan fingerprint density at radius 3 is 2.16 bits per heavy atom. The van der Waals surface area contributed by atoms with Crippen LogP contribution in [-0.2, 0) is 9.53 Å². The quantitative estimate of drug-likeness (QED) is 0.723. The summed E-state index contributed by atoms with van der Waals surface area (Å²) < 4.78 is 5.60. The number of rotatable bonds is 7. The summed E-state index contributed by atoms with van der Waals surface area (Å²) in [4.78, 5) is 25.7. The lowest BCUT2D eigenvalue weighted by molar-refractivity contribution is -0.140. The number of carboxylic acid groups (broad SMARTS) is 1. The Labute approximate surface area is 151 Å². The maximum absolute atomic E-state index is 12.9. The third-order valence-corrected chi connectivity index (χ3v) is 4.47. The second-order valence-electron chi connectivity index (χ2n) is 8.54. The van der Waals surface area contributed by atoms with Gasteiger partial charge in [0, 0.05) is 6.04 Å². The first-order valence-corrected chi connectivity index (χ1v) is 9.42. The highest BCUT2D eigenvalue weighted by Crippen LogP contribution is 2.30. The fraction of sp³-hybridized carbons (Fsp3) is 0.895. The van der Waals surface area contributed by atoms with E-state index < -0.39 is 29.8 Å². The van der Waals surface area contributed by atoms with Crippen LogP contribution in [0.5, 0.6) is 0 Å². The molecule has 146 valence electrons. The highest BCUT2D eigenvalue weighted by atomic mass is 16.6. The molecule has 1 amide bonds. The summed E-state index contributed by atoms with van der Waals surface area (Å²) in [6.07, 6.45) is 3.57. The van der Waals surface area contributed by atoms with E-state index >= 15 is 0 Å². The largest absolute Gasteiger partial charge is 0.481 e. The minimum atomic E-state index is -1.10. The molecule has 0 aromatic rings. The molecule has 1 fully saturated rings. The fourth-order valence-corrected chi connectivity index (χ4v) is 3.48. The Morgan fingerprint density at radius 1 is 1.16 bits per heavy atom. The molecule has 0 aliphatic heterocycles. The predicted molar refractivity (Wildman–Crippen MR) is 96.4 cm³/mol. The Hall–Kier alpha value is -1.30. The van der Waals surface area contributed by atoms with Crippen molar-refractivity contribution in [3.63, 3.8) is 0 Å². The Kier molecular flexibility index (Phi) is 8.19. The summed E-state index contributed by atoms with van der Waals surface area (Å²) in [5, 5.41) is 19.6. The molecule has 6 nitrogen and oxygen atoms in total. The predicted octanol–water partition coefficient (Wildman–Crippen LogP) is 3.81. The second-order valence-corrected chi connectivity index (χ2v) is 8.54.